The molecular weight excluding hydrogens is 352 g/mol. The number of ketones is 1. The molecule has 0 saturated heterocycles. The summed E-state index contributed by atoms with van der Waals surface area (Å²) in [5.41, 5.74) is 1.65. The van der Waals surface area contributed by atoms with E-state index in [-0.39, 0.29) is 0 Å². The summed E-state index contributed by atoms with van der Waals surface area (Å²) in [4.78, 5) is 12.9. The van der Waals surface area contributed by atoms with Crippen LogP contribution in [0.2, 0.25) is 0 Å². The molecule has 2 unspecified atom stereocenters. The molecule has 0 aromatic heterocycles. The van der Waals surface area contributed by atoms with Crippen molar-refractivity contribution < 1.29 is 9.90 Å². The number of rotatable bonds is 4. The number of hydrogen-bond acceptors (Lipinski definition) is 2. The second-order valence-electron chi connectivity index (χ2n) is 8.14. The van der Waals surface area contributed by atoms with Crippen molar-refractivity contribution in [3.05, 3.63) is 33.8 Å². The highest BCUT2D eigenvalue weighted by atomic mass is 79.9. The van der Waals surface area contributed by atoms with Crippen LogP contribution in [0.25, 0.3) is 0 Å². The largest absolute Gasteiger partial charge is 0.390 e. The Hall–Kier alpha value is -0.670. The van der Waals surface area contributed by atoms with Gasteiger partial charge in [-0.2, -0.15) is 0 Å². The average molecular weight is 377 g/mol. The summed E-state index contributed by atoms with van der Waals surface area (Å²) in [6.45, 7) is 2.11. The molecular formula is C20H25BrO2. The van der Waals surface area contributed by atoms with E-state index in [0.717, 1.165) is 41.3 Å². The van der Waals surface area contributed by atoms with Crippen molar-refractivity contribution in [1.82, 2.24) is 0 Å². The Balaban J connectivity index is 1.54. The van der Waals surface area contributed by atoms with Crippen molar-refractivity contribution in [2.45, 2.75) is 57.5 Å². The Bertz CT molecular complexity index is 623. The van der Waals surface area contributed by atoms with Gasteiger partial charge in [-0.05, 0) is 79.9 Å². The SMILES string of the molecule is CCc1cc(Br)ccc1C(=O)CC1C2CC3CC1CC(O)(C3)C2. The lowest BCUT2D eigenvalue weighted by Gasteiger charge is -2.58. The van der Waals surface area contributed by atoms with Crippen LogP contribution in [0, 0.1) is 23.7 Å². The van der Waals surface area contributed by atoms with E-state index in [1.807, 2.05) is 12.1 Å². The predicted octanol–water partition coefficient (Wildman–Crippen LogP) is 4.77. The quantitative estimate of drug-likeness (QED) is 0.768. The lowest BCUT2D eigenvalue weighted by Crippen LogP contribution is -2.54. The van der Waals surface area contributed by atoms with Gasteiger partial charge in [0.15, 0.2) is 5.78 Å². The number of hydrogen-bond donors (Lipinski definition) is 1. The van der Waals surface area contributed by atoms with E-state index in [1.165, 1.54) is 12.8 Å². The van der Waals surface area contributed by atoms with Crippen molar-refractivity contribution in [2.75, 3.05) is 0 Å². The van der Waals surface area contributed by atoms with Crippen LogP contribution in [0.1, 0.15) is 61.4 Å². The molecule has 2 atom stereocenters. The number of Topliss-reactive ketones (excluding diaryl/α,β-unsaturated/α-hetero) is 1. The Morgan fingerprint density at radius 3 is 2.57 bits per heavy atom. The fourth-order valence-corrected chi connectivity index (χ4v) is 6.28. The number of benzene rings is 1. The van der Waals surface area contributed by atoms with Gasteiger partial charge in [-0.3, -0.25) is 4.79 Å². The number of halogens is 1. The van der Waals surface area contributed by atoms with E-state index in [1.54, 1.807) is 0 Å². The molecule has 1 aromatic carbocycles. The summed E-state index contributed by atoms with van der Waals surface area (Å²) in [5.74, 6) is 2.64. The van der Waals surface area contributed by atoms with Gasteiger partial charge in [0.2, 0.25) is 0 Å². The molecule has 5 rings (SSSR count). The van der Waals surface area contributed by atoms with Crippen molar-refractivity contribution in [3.63, 3.8) is 0 Å². The molecule has 0 spiro atoms. The molecule has 1 N–H and O–H groups in total. The lowest BCUT2D eigenvalue weighted by molar-refractivity contribution is -0.151. The summed E-state index contributed by atoms with van der Waals surface area (Å²) in [7, 11) is 0. The van der Waals surface area contributed by atoms with Crippen LogP contribution in [-0.2, 0) is 6.42 Å². The van der Waals surface area contributed by atoms with E-state index in [4.69, 9.17) is 0 Å². The standard InChI is InChI=1S/C20H25BrO2/c1-2-13-7-16(21)3-4-17(13)19(22)8-18-14-5-12-6-15(18)11-20(23,9-12)10-14/h3-4,7,12,14-15,18,23H,2,5-6,8-11H2,1H3. The molecule has 4 aliphatic rings. The van der Waals surface area contributed by atoms with E-state index in [0.29, 0.717) is 35.9 Å². The van der Waals surface area contributed by atoms with Gasteiger partial charge in [0, 0.05) is 16.5 Å². The molecule has 2 nitrogen and oxygen atoms in total. The van der Waals surface area contributed by atoms with Crippen LogP contribution in [0.4, 0.5) is 0 Å². The minimum absolute atomic E-state index is 0.304. The Morgan fingerprint density at radius 2 is 1.96 bits per heavy atom. The second kappa shape index (κ2) is 5.70. The second-order valence-corrected chi connectivity index (χ2v) is 9.06. The van der Waals surface area contributed by atoms with Crippen LogP contribution < -0.4 is 0 Å². The van der Waals surface area contributed by atoms with Crippen molar-refractivity contribution in [2.24, 2.45) is 23.7 Å². The van der Waals surface area contributed by atoms with Gasteiger partial charge in [-0.25, -0.2) is 0 Å². The number of carbonyl (C=O) groups is 1. The minimum Gasteiger partial charge on any atom is -0.390 e. The maximum atomic E-state index is 12.9. The summed E-state index contributed by atoms with van der Waals surface area (Å²) in [6, 6.07) is 6.04. The normalized spacial score (nSPS) is 38.0. The van der Waals surface area contributed by atoms with E-state index in [2.05, 4.69) is 28.9 Å². The molecule has 3 heteroatoms. The Labute approximate surface area is 146 Å². The van der Waals surface area contributed by atoms with Crippen LogP contribution in [-0.4, -0.2) is 16.5 Å². The van der Waals surface area contributed by atoms with Gasteiger partial charge in [-0.15, -0.1) is 0 Å². The van der Waals surface area contributed by atoms with Crippen LogP contribution in [0.3, 0.4) is 0 Å². The zero-order valence-corrected chi connectivity index (χ0v) is 15.3. The smallest absolute Gasteiger partial charge is 0.163 e. The highest BCUT2D eigenvalue weighted by molar-refractivity contribution is 9.10. The highest BCUT2D eigenvalue weighted by Gasteiger charge is 2.54. The zero-order chi connectivity index (χ0) is 16.2. The fourth-order valence-electron chi connectivity index (χ4n) is 5.87. The summed E-state index contributed by atoms with van der Waals surface area (Å²) < 4.78 is 1.04. The van der Waals surface area contributed by atoms with Crippen molar-refractivity contribution in [3.8, 4) is 0 Å². The molecule has 124 valence electrons. The van der Waals surface area contributed by atoms with Crippen molar-refractivity contribution >= 4 is 21.7 Å². The summed E-state index contributed by atoms with van der Waals surface area (Å²) in [6.07, 6.45) is 6.90. The monoisotopic (exact) mass is 376 g/mol. The fraction of sp³-hybridized carbons (Fsp3) is 0.650. The maximum absolute atomic E-state index is 12.9. The number of aryl methyl sites for hydroxylation is 1. The van der Waals surface area contributed by atoms with Gasteiger partial charge < -0.3 is 5.11 Å². The van der Waals surface area contributed by atoms with Gasteiger partial charge in [0.25, 0.3) is 0 Å². The maximum Gasteiger partial charge on any atom is 0.163 e. The first-order valence-electron chi connectivity index (χ1n) is 9.01. The van der Waals surface area contributed by atoms with Gasteiger partial charge in [-0.1, -0.05) is 28.9 Å². The van der Waals surface area contributed by atoms with E-state index in [9.17, 15) is 9.90 Å². The van der Waals surface area contributed by atoms with E-state index < -0.39 is 5.60 Å². The third-order valence-electron chi connectivity index (χ3n) is 6.61. The molecule has 4 saturated carbocycles. The molecule has 0 radical (unpaired) electrons. The van der Waals surface area contributed by atoms with E-state index >= 15 is 0 Å². The Kier molecular flexibility index (Phi) is 3.92. The first kappa shape index (κ1) is 15.8. The first-order chi connectivity index (χ1) is 11.0. The number of aliphatic hydroxyl groups is 1. The third-order valence-corrected chi connectivity index (χ3v) is 7.10. The summed E-state index contributed by atoms with van der Waals surface area (Å²) in [5, 5.41) is 10.7. The molecule has 0 heterocycles. The molecule has 4 aliphatic carbocycles. The van der Waals surface area contributed by atoms with Crippen LogP contribution in [0.15, 0.2) is 22.7 Å². The lowest BCUT2D eigenvalue weighted by atomic mass is 9.49. The Morgan fingerprint density at radius 1 is 1.26 bits per heavy atom. The highest BCUT2D eigenvalue weighted by Crippen LogP contribution is 2.59. The van der Waals surface area contributed by atoms with Crippen LogP contribution in [0.5, 0.6) is 0 Å². The van der Waals surface area contributed by atoms with Crippen molar-refractivity contribution in [1.29, 1.82) is 0 Å². The summed E-state index contributed by atoms with van der Waals surface area (Å²) >= 11 is 3.50. The zero-order valence-electron chi connectivity index (χ0n) is 13.7. The molecule has 0 aliphatic heterocycles. The average Bonchev–Trinajstić information content (AvgIpc) is 2.48. The predicted molar refractivity (Wildman–Crippen MR) is 94.5 cm³/mol. The first-order valence-corrected chi connectivity index (χ1v) is 9.81. The number of carbonyl (C=O) groups excluding carboxylic acids is 1. The van der Waals surface area contributed by atoms with Gasteiger partial charge in [0.05, 0.1) is 5.60 Å². The van der Waals surface area contributed by atoms with Crippen LogP contribution >= 0.6 is 15.9 Å². The van der Waals surface area contributed by atoms with Gasteiger partial charge >= 0.3 is 0 Å². The molecule has 0 amide bonds. The molecule has 4 fully saturated rings. The molecule has 4 bridgehead atoms. The topological polar surface area (TPSA) is 37.3 Å². The molecule has 23 heavy (non-hydrogen) atoms. The van der Waals surface area contributed by atoms with Gasteiger partial charge in [0.1, 0.15) is 0 Å². The molecule has 1 aromatic rings. The third kappa shape index (κ3) is 2.80. The minimum atomic E-state index is -0.401.